The fourth-order valence-corrected chi connectivity index (χ4v) is 3.92. The normalized spacial score (nSPS) is 11.1. The molecule has 0 amide bonds. The van der Waals surface area contributed by atoms with Crippen LogP contribution < -0.4 is 9.47 Å². The molecule has 0 aliphatic rings. The number of ether oxygens (including phenoxy) is 2. The van der Waals surface area contributed by atoms with Crippen molar-refractivity contribution in [3.63, 3.8) is 0 Å². The average Bonchev–Trinajstić information content (AvgIpc) is 2.78. The molecule has 0 bridgehead atoms. The lowest BCUT2D eigenvalue weighted by atomic mass is 9.85. The Labute approximate surface area is 192 Å². The molecule has 0 atom stereocenters. The molecule has 0 aromatic heterocycles. The molecular formula is C29H33NO2. The van der Waals surface area contributed by atoms with E-state index >= 15 is 0 Å². The molecule has 0 fully saturated rings. The molecule has 3 nitrogen and oxygen atoms in total. The van der Waals surface area contributed by atoms with Gasteiger partial charge in [-0.2, -0.15) is 0 Å². The van der Waals surface area contributed by atoms with E-state index in [0.29, 0.717) is 12.5 Å². The van der Waals surface area contributed by atoms with Gasteiger partial charge in [-0.25, -0.2) is 4.99 Å². The van der Waals surface area contributed by atoms with Crippen LogP contribution in [0.2, 0.25) is 0 Å². The van der Waals surface area contributed by atoms with E-state index in [0.717, 1.165) is 40.3 Å². The minimum atomic E-state index is 0.0983. The Morgan fingerprint density at radius 1 is 0.938 bits per heavy atom. The molecule has 0 N–H and O–H groups in total. The molecule has 0 saturated heterocycles. The molecule has 0 spiro atoms. The van der Waals surface area contributed by atoms with Crippen molar-refractivity contribution >= 4 is 17.1 Å². The average molecular weight is 428 g/mol. The van der Waals surface area contributed by atoms with Gasteiger partial charge in [-0.05, 0) is 59.5 Å². The van der Waals surface area contributed by atoms with E-state index in [9.17, 15) is 0 Å². The van der Waals surface area contributed by atoms with Gasteiger partial charge in [0.25, 0.3) is 0 Å². The second kappa shape index (κ2) is 10.8. The predicted molar refractivity (Wildman–Crippen MR) is 134 cm³/mol. The van der Waals surface area contributed by atoms with Gasteiger partial charge in [-0.15, -0.1) is 0 Å². The van der Waals surface area contributed by atoms with Gasteiger partial charge >= 0.3 is 0 Å². The van der Waals surface area contributed by atoms with E-state index in [4.69, 9.17) is 9.47 Å². The fourth-order valence-electron chi connectivity index (χ4n) is 3.92. The van der Waals surface area contributed by atoms with Gasteiger partial charge in [0.1, 0.15) is 11.5 Å². The van der Waals surface area contributed by atoms with Crippen molar-refractivity contribution in [1.82, 2.24) is 0 Å². The zero-order valence-electron chi connectivity index (χ0n) is 19.8. The Morgan fingerprint density at radius 2 is 1.59 bits per heavy atom. The van der Waals surface area contributed by atoms with Gasteiger partial charge in [0.15, 0.2) is 0 Å². The van der Waals surface area contributed by atoms with E-state index < -0.39 is 0 Å². The number of benzene rings is 3. The van der Waals surface area contributed by atoms with Crippen LogP contribution in [0.15, 0.2) is 83.9 Å². The summed E-state index contributed by atoms with van der Waals surface area (Å²) in [6.45, 7) is 9.64. The quantitative estimate of drug-likeness (QED) is 0.330. The standard InChI is InChI=1S/C29H33NO2/c1-22(2)19-29(3,4)21-32-25-16-17-28(31-5)26(18-25)27(23-12-8-6-9-13-23)20-30-24-14-10-7-11-15-24/h6-18,22H,19,21H2,1-5H3. The largest absolute Gasteiger partial charge is 0.496 e. The van der Waals surface area contributed by atoms with Crippen LogP contribution >= 0.6 is 0 Å². The Kier molecular flexibility index (Phi) is 7.92. The SMILES string of the molecule is COc1ccc(OCC(C)(C)CC(C)C)cc1C(=C=Nc1ccccc1)c1ccccc1. The Morgan fingerprint density at radius 3 is 2.22 bits per heavy atom. The molecule has 0 radical (unpaired) electrons. The third kappa shape index (κ3) is 6.60. The summed E-state index contributed by atoms with van der Waals surface area (Å²) in [5, 5.41) is 0. The summed E-state index contributed by atoms with van der Waals surface area (Å²) in [5.74, 6) is 5.47. The fraction of sp³-hybridized carbons (Fsp3) is 0.310. The van der Waals surface area contributed by atoms with Crippen molar-refractivity contribution < 1.29 is 9.47 Å². The lowest BCUT2D eigenvalue weighted by Crippen LogP contribution is -2.23. The van der Waals surface area contributed by atoms with Crippen LogP contribution in [0.5, 0.6) is 11.5 Å². The van der Waals surface area contributed by atoms with Gasteiger partial charge in [-0.1, -0.05) is 76.2 Å². The summed E-state index contributed by atoms with van der Waals surface area (Å²) in [6, 6.07) is 25.9. The van der Waals surface area contributed by atoms with Crippen LogP contribution in [0.4, 0.5) is 5.69 Å². The number of methoxy groups -OCH3 is 1. The summed E-state index contributed by atoms with van der Waals surface area (Å²) in [7, 11) is 1.68. The van der Waals surface area contributed by atoms with E-state index in [1.807, 2.05) is 66.7 Å². The highest BCUT2D eigenvalue weighted by molar-refractivity contribution is 6.01. The molecule has 0 aliphatic heterocycles. The summed E-state index contributed by atoms with van der Waals surface area (Å²) >= 11 is 0. The topological polar surface area (TPSA) is 30.8 Å². The number of hydrogen-bond donors (Lipinski definition) is 0. The third-order valence-electron chi connectivity index (χ3n) is 5.15. The maximum Gasteiger partial charge on any atom is 0.127 e. The van der Waals surface area contributed by atoms with E-state index in [2.05, 4.69) is 50.7 Å². The van der Waals surface area contributed by atoms with Crippen molar-refractivity contribution in [2.75, 3.05) is 13.7 Å². The Bertz CT molecular complexity index is 1060. The van der Waals surface area contributed by atoms with Crippen molar-refractivity contribution in [2.45, 2.75) is 34.1 Å². The van der Waals surface area contributed by atoms with Gasteiger partial charge in [0, 0.05) is 5.56 Å². The van der Waals surface area contributed by atoms with Crippen LogP contribution in [-0.4, -0.2) is 19.6 Å². The van der Waals surface area contributed by atoms with Crippen molar-refractivity contribution in [3.8, 4) is 11.5 Å². The van der Waals surface area contributed by atoms with Crippen molar-refractivity contribution in [2.24, 2.45) is 16.3 Å². The van der Waals surface area contributed by atoms with E-state index in [1.54, 1.807) is 7.11 Å². The first-order valence-electron chi connectivity index (χ1n) is 11.1. The smallest absolute Gasteiger partial charge is 0.127 e. The molecule has 0 saturated carbocycles. The first-order chi connectivity index (χ1) is 15.4. The van der Waals surface area contributed by atoms with Crippen LogP contribution in [0, 0.1) is 11.3 Å². The minimum Gasteiger partial charge on any atom is -0.496 e. The van der Waals surface area contributed by atoms with E-state index in [1.165, 1.54) is 0 Å². The lowest BCUT2D eigenvalue weighted by molar-refractivity contribution is 0.154. The molecule has 0 heterocycles. The molecule has 3 heteroatoms. The highest BCUT2D eigenvalue weighted by Gasteiger charge is 2.21. The number of para-hydroxylation sites is 1. The molecule has 0 aliphatic carbocycles. The third-order valence-corrected chi connectivity index (χ3v) is 5.15. The zero-order valence-corrected chi connectivity index (χ0v) is 19.8. The summed E-state index contributed by atoms with van der Waals surface area (Å²) in [5.41, 5.74) is 3.72. The second-order valence-electron chi connectivity index (χ2n) is 9.21. The predicted octanol–water partition coefficient (Wildman–Crippen LogP) is 7.58. The van der Waals surface area contributed by atoms with Crippen LogP contribution in [0.1, 0.15) is 45.2 Å². The highest BCUT2D eigenvalue weighted by Crippen LogP contribution is 2.34. The van der Waals surface area contributed by atoms with Gasteiger partial charge in [0.05, 0.1) is 25.0 Å². The summed E-state index contributed by atoms with van der Waals surface area (Å²) < 4.78 is 11.9. The molecule has 3 aromatic rings. The number of nitrogens with zero attached hydrogens (tertiary/aromatic N) is 1. The lowest BCUT2D eigenvalue weighted by Gasteiger charge is -2.27. The summed E-state index contributed by atoms with van der Waals surface area (Å²) in [6.07, 6.45) is 1.11. The molecule has 0 unspecified atom stereocenters. The van der Waals surface area contributed by atoms with Crippen molar-refractivity contribution in [1.29, 1.82) is 0 Å². The number of hydrogen-bond acceptors (Lipinski definition) is 3. The van der Waals surface area contributed by atoms with Crippen LogP contribution in [-0.2, 0) is 0 Å². The molecular weight excluding hydrogens is 394 g/mol. The monoisotopic (exact) mass is 427 g/mol. The zero-order chi connectivity index (χ0) is 23.0. The first kappa shape index (κ1) is 23.4. The van der Waals surface area contributed by atoms with Gasteiger partial charge in [0.2, 0.25) is 0 Å². The van der Waals surface area contributed by atoms with Gasteiger partial charge < -0.3 is 9.47 Å². The second-order valence-corrected chi connectivity index (χ2v) is 9.21. The van der Waals surface area contributed by atoms with Crippen LogP contribution in [0.25, 0.3) is 5.57 Å². The Balaban J connectivity index is 2.02. The van der Waals surface area contributed by atoms with E-state index in [-0.39, 0.29) is 5.41 Å². The molecule has 166 valence electrons. The Hall–Kier alpha value is -3.29. The van der Waals surface area contributed by atoms with Gasteiger partial charge in [-0.3, -0.25) is 0 Å². The molecule has 3 rings (SSSR count). The maximum absolute atomic E-state index is 6.23. The summed E-state index contributed by atoms with van der Waals surface area (Å²) in [4.78, 5) is 4.60. The van der Waals surface area contributed by atoms with Crippen LogP contribution in [0.3, 0.4) is 0 Å². The number of rotatable bonds is 9. The van der Waals surface area contributed by atoms with Crippen molar-refractivity contribution in [3.05, 3.63) is 90.0 Å². The number of aliphatic imine (C=N–C) groups is 1. The molecule has 3 aromatic carbocycles. The first-order valence-corrected chi connectivity index (χ1v) is 11.1. The molecule has 32 heavy (non-hydrogen) atoms. The maximum atomic E-state index is 6.23. The highest BCUT2D eigenvalue weighted by atomic mass is 16.5. The minimum absolute atomic E-state index is 0.0983.